The van der Waals surface area contributed by atoms with Crippen molar-refractivity contribution in [1.29, 1.82) is 0 Å². The predicted octanol–water partition coefficient (Wildman–Crippen LogP) is 2.88. The van der Waals surface area contributed by atoms with E-state index >= 15 is 0 Å². The monoisotopic (exact) mass is 219 g/mol. The molecule has 1 nitrogen and oxygen atoms in total. The lowest BCUT2D eigenvalue weighted by molar-refractivity contribution is 0.499. The molecule has 1 aliphatic rings. The quantitative estimate of drug-likeness (QED) is 0.771. The molecule has 0 fully saturated rings. The van der Waals surface area contributed by atoms with Gasteiger partial charge in [-0.05, 0) is 17.8 Å². The van der Waals surface area contributed by atoms with Crippen LogP contribution in [-0.4, -0.2) is 11.4 Å². The second kappa shape index (κ2) is 4.54. The molecular weight excluding hydrogens is 206 g/mol. The highest BCUT2D eigenvalue weighted by atomic mass is 35.5. The molecule has 15 heavy (non-hydrogen) atoms. The van der Waals surface area contributed by atoms with Crippen LogP contribution in [0.15, 0.2) is 54.8 Å². The highest BCUT2D eigenvalue weighted by molar-refractivity contribution is 6.18. The summed E-state index contributed by atoms with van der Waals surface area (Å²) in [6.07, 6.45) is 9.02. The van der Waals surface area contributed by atoms with Crippen LogP contribution in [0, 0.1) is 0 Å². The highest BCUT2D eigenvalue weighted by Crippen LogP contribution is 2.19. The molecule has 1 N–H and O–H groups in total. The van der Waals surface area contributed by atoms with E-state index in [0.29, 0.717) is 5.88 Å². The molecule has 0 saturated carbocycles. The van der Waals surface area contributed by atoms with Crippen molar-refractivity contribution in [1.82, 2.24) is 5.32 Å². The molecule has 1 unspecified atom stereocenters. The van der Waals surface area contributed by atoms with Gasteiger partial charge in [-0.1, -0.05) is 42.5 Å². The van der Waals surface area contributed by atoms with Crippen LogP contribution in [-0.2, 0) is 6.42 Å². The maximum absolute atomic E-state index is 6.04. The third-order valence-electron chi connectivity index (χ3n) is 2.59. The van der Waals surface area contributed by atoms with Gasteiger partial charge in [0, 0.05) is 12.3 Å². The second-order valence-corrected chi connectivity index (χ2v) is 4.08. The zero-order valence-corrected chi connectivity index (χ0v) is 9.24. The van der Waals surface area contributed by atoms with Crippen molar-refractivity contribution in [2.45, 2.75) is 12.0 Å². The van der Waals surface area contributed by atoms with Gasteiger partial charge in [-0.15, -0.1) is 11.6 Å². The van der Waals surface area contributed by atoms with Crippen LogP contribution < -0.4 is 5.32 Å². The standard InChI is InChI=1S/C13H14ClN/c14-11-13(8-4-5-9-15-13)10-12-6-2-1-3-7-12/h1-9,15H,10-11H2. The number of hydrogen-bond donors (Lipinski definition) is 1. The summed E-state index contributed by atoms with van der Waals surface area (Å²) in [5, 5.41) is 3.33. The molecule has 0 bridgehead atoms. The number of alkyl halides is 1. The number of rotatable bonds is 3. The molecule has 1 atom stereocenters. The number of allylic oxidation sites excluding steroid dienone is 2. The fourth-order valence-electron chi connectivity index (χ4n) is 1.76. The van der Waals surface area contributed by atoms with Gasteiger partial charge in [0.2, 0.25) is 0 Å². The van der Waals surface area contributed by atoms with E-state index in [9.17, 15) is 0 Å². The Hall–Kier alpha value is -1.21. The smallest absolute Gasteiger partial charge is 0.0729 e. The van der Waals surface area contributed by atoms with Crippen LogP contribution in [0.1, 0.15) is 5.56 Å². The van der Waals surface area contributed by atoms with Crippen LogP contribution in [0.5, 0.6) is 0 Å². The number of halogens is 1. The summed E-state index contributed by atoms with van der Waals surface area (Å²) < 4.78 is 0. The SMILES string of the molecule is ClCC1(Cc2ccccc2)C=CC=CN1. The summed E-state index contributed by atoms with van der Waals surface area (Å²) in [5.74, 6) is 0.572. The fourth-order valence-corrected chi connectivity index (χ4v) is 2.02. The second-order valence-electron chi connectivity index (χ2n) is 3.81. The van der Waals surface area contributed by atoms with E-state index < -0.39 is 0 Å². The first-order chi connectivity index (χ1) is 7.35. The van der Waals surface area contributed by atoms with E-state index in [1.54, 1.807) is 0 Å². The Morgan fingerprint density at radius 2 is 1.93 bits per heavy atom. The topological polar surface area (TPSA) is 12.0 Å². The van der Waals surface area contributed by atoms with Crippen LogP contribution >= 0.6 is 11.6 Å². The average Bonchev–Trinajstić information content (AvgIpc) is 2.32. The van der Waals surface area contributed by atoms with E-state index in [0.717, 1.165) is 6.42 Å². The first-order valence-electron chi connectivity index (χ1n) is 5.07. The molecule has 78 valence electrons. The number of nitrogens with one attached hydrogen (secondary N) is 1. The van der Waals surface area contributed by atoms with Crippen molar-refractivity contribution in [2.24, 2.45) is 0 Å². The molecule has 1 aromatic carbocycles. The minimum atomic E-state index is -0.127. The van der Waals surface area contributed by atoms with E-state index in [1.807, 2.05) is 24.4 Å². The maximum Gasteiger partial charge on any atom is 0.0729 e. The molecule has 1 aromatic rings. The van der Waals surface area contributed by atoms with Crippen LogP contribution in [0.3, 0.4) is 0 Å². The molecule has 0 radical (unpaired) electrons. The zero-order chi connectivity index (χ0) is 10.6. The van der Waals surface area contributed by atoms with Crippen LogP contribution in [0.4, 0.5) is 0 Å². The van der Waals surface area contributed by atoms with Crippen LogP contribution in [0.25, 0.3) is 0 Å². The molecule has 1 heterocycles. The first-order valence-corrected chi connectivity index (χ1v) is 5.60. The zero-order valence-electron chi connectivity index (χ0n) is 8.49. The normalized spacial score (nSPS) is 23.8. The van der Waals surface area contributed by atoms with Crippen molar-refractivity contribution < 1.29 is 0 Å². The fraction of sp³-hybridized carbons (Fsp3) is 0.231. The van der Waals surface area contributed by atoms with Gasteiger partial charge in [0.15, 0.2) is 0 Å². The molecule has 1 aliphatic heterocycles. The Bertz CT molecular complexity index is 369. The Labute approximate surface area is 95.5 Å². The van der Waals surface area contributed by atoms with Crippen molar-refractivity contribution >= 4 is 11.6 Å². The third-order valence-corrected chi connectivity index (χ3v) is 3.07. The molecule has 2 heteroatoms. The van der Waals surface area contributed by atoms with Crippen molar-refractivity contribution in [2.75, 3.05) is 5.88 Å². The number of hydrogen-bond acceptors (Lipinski definition) is 1. The van der Waals surface area contributed by atoms with Gasteiger partial charge < -0.3 is 5.32 Å². The number of benzene rings is 1. The maximum atomic E-state index is 6.04. The van der Waals surface area contributed by atoms with Gasteiger partial charge in [0.05, 0.1) is 5.54 Å². The third kappa shape index (κ3) is 2.42. The van der Waals surface area contributed by atoms with Gasteiger partial charge >= 0.3 is 0 Å². The molecular formula is C13H14ClN. The minimum absolute atomic E-state index is 0.127. The van der Waals surface area contributed by atoms with Gasteiger partial charge in [-0.3, -0.25) is 0 Å². The lowest BCUT2D eigenvalue weighted by atomic mass is 9.91. The van der Waals surface area contributed by atoms with Crippen molar-refractivity contribution in [3.8, 4) is 0 Å². The molecule has 2 rings (SSSR count). The van der Waals surface area contributed by atoms with Gasteiger partial charge in [-0.2, -0.15) is 0 Å². The molecule has 0 saturated heterocycles. The Morgan fingerprint density at radius 3 is 2.53 bits per heavy atom. The molecule has 0 aromatic heterocycles. The average molecular weight is 220 g/mol. The van der Waals surface area contributed by atoms with E-state index in [-0.39, 0.29) is 5.54 Å². The van der Waals surface area contributed by atoms with E-state index in [4.69, 9.17) is 11.6 Å². The lowest BCUT2D eigenvalue weighted by Gasteiger charge is -2.31. The first kappa shape index (κ1) is 10.3. The summed E-state index contributed by atoms with van der Waals surface area (Å²) in [7, 11) is 0. The van der Waals surface area contributed by atoms with E-state index in [1.165, 1.54) is 5.56 Å². The number of dihydropyridines is 1. The summed E-state index contributed by atoms with van der Waals surface area (Å²) in [6, 6.07) is 10.4. The summed E-state index contributed by atoms with van der Waals surface area (Å²) >= 11 is 6.04. The Balaban J connectivity index is 2.15. The lowest BCUT2D eigenvalue weighted by Crippen LogP contribution is -2.45. The molecule has 0 amide bonds. The van der Waals surface area contributed by atoms with Crippen molar-refractivity contribution in [3.05, 3.63) is 60.3 Å². The van der Waals surface area contributed by atoms with E-state index in [2.05, 4.69) is 35.7 Å². The largest absolute Gasteiger partial charge is 0.380 e. The Kier molecular flexibility index (Phi) is 3.12. The summed E-state index contributed by atoms with van der Waals surface area (Å²) in [5.41, 5.74) is 1.17. The molecule has 0 aliphatic carbocycles. The van der Waals surface area contributed by atoms with Gasteiger partial charge in [0.1, 0.15) is 0 Å². The summed E-state index contributed by atoms with van der Waals surface area (Å²) in [4.78, 5) is 0. The molecule has 0 spiro atoms. The van der Waals surface area contributed by atoms with Crippen molar-refractivity contribution in [3.63, 3.8) is 0 Å². The Morgan fingerprint density at radius 1 is 1.13 bits per heavy atom. The minimum Gasteiger partial charge on any atom is -0.380 e. The highest BCUT2D eigenvalue weighted by Gasteiger charge is 2.25. The van der Waals surface area contributed by atoms with Gasteiger partial charge in [-0.25, -0.2) is 0 Å². The van der Waals surface area contributed by atoms with Gasteiger partial charge in [0.25, 0.3) is 0 Å². The van der Waals surface area contributed by atoms with Crippen LogP contribution in [0.2, 0.25) is 0 Å². The summed E-state index contributed by atoms with van der Waals surface area (Å²) in [6.45, 7) is 0. The predicted molar refractivity (Wildman–Crippen MR) is 65.0 cm³/mol.